The van der Waals surface area contributed by atoms with Crippen LogP contribution in [0.4, 0.5) is 0 Å². The van der Waals surface area contributed by atoms with Gasteiger partial charge in [0.05, 0.1) is 0 Å². The molecule has 18 heavy (non-hydrogen) atoms. The van der Waals surface area contributed by atoms with Crippen LogP contribution in [0.5, 0.6) is 0 Å². The minimum absolute atomic E-state index is 0.160. The van der Waals surface area contributed by atoms with E-state index >= 15 is 0 Å². The lowest BCUT2D eigenvalue weighted by molar-refractivity contribution is -0.121. The highest BCUT2D eigenvalue weighted by Crippen LogP contribution is 2.06. The number of amides is 1. The van der Waals surface area contributed by atoms with Crippen LogP contribution in [0.15, 0.2) is 30.3 Å². The van der Waals surface area contributed by atoms with Crippen LogP contribution in [0.3, 0.4) is 0 Å². The molecule has 0 fully saturated rings. The zero-order valence-electron chi connectivity index (χ0n) is 11.4. The zero-order chi connectivity index (χ0) is 13.2. The van der Waals surface area contributed by atoms with Gasteiger partial charge in [-0.15, -0.1) is 0 Å². The van der Waals surface area contributed by atoms with Crippen LogP contribution >= 0.6 is 0 Å². The van der Waals surface area contributed by atoms with Crippen LogP contribution < -0.4 is 10.6 Å². The van der Waals surface area contributed by atoms with Gasteiger partial charge in [0, 0.05) is 12.5 Å². The molecule has 0 aliphatic rings. The molecule has 1 aromatic rings. The van der Waals surface area contributed by atoms with Crippen molar-refractivity contribution < 1.29 is 4.79 Å². The van der Waals surface area contributed by atoms with E-state index in [1.165, 1.54) is 5.56 Å². The molecule has 0 aliphatic heterocycles. The molecule has 3 nitrogen and oxygen atoms in total. The summed E-state index contributed by atoms with van der Waals surface area (Å²) in [6.07, 6.45) is 3.37. The number of benzene rings is 1. The molecular weight excluding hydrogens is 224 g/mol. The second-order valence-electron chi connectivity index (χ2n) is 4.57. The monoisotopic (exact) mass is 248 g/mol. The minimum Gasteiger partial charge on any atom is -0.353 e. The van der Waals surface area contributed by atoms with Gasteiger partial charge in [-0.2, -0.15) is 0 Å². The minimum atomic E-state index is 0.160. The Balaban J connectivity index is 2.35. The van der Waals surface area contributed by atoms with Gasteiger partial charge in [-0.3, -0.25) is 4.79 Å². The molecule has 0 heterocycles. The molecule has 1 rings (SSSR count). The number of carbonyl (C=O) groups excluding carboxylic acids is 1. The summed E-state index contributed by atoms with van der Waals surface area (Å²) in [5, 5.41) is 6.16. The number of nitrogens with one attached hydrogen (secondary N) is 2. The van der Waals surface area contributed by atoms with Crippen molar-refractivity contribution in [3.63, 3.8) is 0 Å². The Bertz CT molecular complexity index is 338. The zero-order valence-corrected chi connectivity index (χ0v) is 11.4. The lowest BCUT2D eigenvalue weighted by Gasteiger charge is -2.17. The van der Waals surface area contributed by atoms with Gasteiger partial charge in [-0.25, -0.2) is 0 Å². The molecule has 1 amide bonds. The van der Waals surface area contributed by atoms with Gasteiger partial charge in [0.15, 0.2) is 0 Å². The topological polar surface area (TPSA) is 41.1 Å². The van der Waals surface area contributed by atoms with Crippen LogP contribution in [0.2, 0.25) is 0 Å². The first kappa shape index (κ1) is 14.7. The highest BCUT2D eigenvalue weighted by atomic mass is 16.1. The summed E-state index contributed by atoms with van der Waals surface area (Å²) in [7, 11) is 1.90. The number of carbonyl (C=O) groups is 1. The summed E-state index contributed by atoms with van der Waals surface area (Å²) in [5.74, 6) is 0.160. The molecule has 100 valence electrons. The van der Waals surface area contributed by atoms with Gasteiger partial charge in [-0.05, 0) is 38.4 Å². The van der Waals surface area contributed by atoms with E-state index in [-0.39, 0.29) is 11.9 Å². The van der Waals surface area contributed by atoms with E-state index in [0.717, 1.165) is 25.8 Å². The highest BCUT2D eigenvalue weighted by Gasteiger charge is 2.10. The first-order valence-corrected chi connectivity index (χ1v) is 6.74. The van der Waals surface area contributed by atoms with Crippen molar-refractivity contribution in [2.75, 3.05) is 13.6 Å². The number of rotatable bonds is 8. The van der Waals surface area contributed by atoms with Crippen molar-refractivity contribution in [1.29, 1.82) is 0 Å². The van der Waals surface area contributed by atoms with Gasteiger partial charge >= 0.3 is 0 Å². The first-order chi connectivity index (χ1) is 8.76. The second kappa shape index (κ2) is 8.70. The Morgan fingerprint density at radius 3 is 2.61 bits per heavy atom. The number of hydrogen-bond acceptors (Lipinski definition) is 2. The molecule has 1 atom stereocenters. The Kier molecular flexibility index (Phi) is 7.11. The maximum absolute atomic E-state index is 11.7. The first-order valence-electron chi connectivity index (χ1n) is 6.74. The predicted octanol–water partition coefficient (Wildman–Crippen LogP) is 2.12. The van der Waals surface area contributed by atoms with E-state index in [1.54, 1.807) is 0 Å². The molecule has 0 aromatic heterocycles. The largest absolute Gasteiger partial charge is 0.353 e. The van der Waals surface area contributed by atoms with E-state index in [9.17, 15) is 4.79 Å². The molecule has 0 bridgehead atoms. The summed E-state index contributed by atoms with van der Waals surface area (Å²) in [5.41, 5.74) is 1.28. The molecule has 0 saturated carbocycles. The molecule has 2 N–H and O–H groups in total. The quantitative estimate of drug-likeness (QED) is 0.692. The average molecular weight is 248 g/mol. The Labute approximate surface area is 110 Å². The molecule has 1 aromatic carbocycles. The van der Waals surface area contributed by atoms with E-state index in [4.69, 9.17) is 0 Å². The third-order valence-electron chi connectivity index (χ3n) is 3.01. The van der Waals surface area contributed by atoms with Gasteiger partial charge in [0.1, 0.15) is 0 Å². The smallest absolute Gasteiger partial charge is 0.220 e. The third kappa shape index (κ3) is 5.82. The van der Waals surface area contributed by atoms with Crippen molar-refractivity contribution in [1.82, 2.24) is 10.6 Å². The highest BCUT2D eigenvalue weighted by molar-refractivity contribution is 5.76. The van der Waals surface area contributed by atoms with E-state index in [2.05, 4.69) is 29.7 Å². The van der Waals surface area contributed by atoms with E-state index in [0.29, 0.717) is 6.42 Å². The summed E-state index contributed by atoms with van der Waals surface area (Å²) in [6.45, 7) is 3.00. The molecule has 0 spiro atoms. The Morgan fingerprint density at radius 2 is 2.00 bits per heavy atom. The van der Waals surface area contributed by atoms with Crippen molar-refractivity contribution in [2.24, 2.45) is 0 Å². The fourth-order valence-electron chi connectivity index (χ4n) is 1.92. The lowest BCUT2D eigenvalue weighted by Crippen LogP contribution is -2.36. The van der Waals surface area contributed by atoms with Crippen molar-refractivity contribution in [2.45, 2.75) is 38.6 Å². The van der Waals surface area contributed by atoms with Crippen LogP contribution in [0.25, 0.3) is 0 Å². The van der Waals surface area contributed by atoms with Crippen molar-refractivity contribution in [3.05, 3.63) is 35.9 Å². The standard InChI is InChI=1S/C15H24N2O/c1-3-14(12-13-8-5-4-6-9-13)17-15(18)10-7-11-16-2/h4-6,8-9,14,16H,3,7,10-12H2,1-2H3,(H,17,18). The Morgan fingerprint density at radius 1 is 1.28 bits per heavy atom. The summed E-state index contributed by atoms with van der Waals surface area (Å²) in [6, 6.07) is 10.6. The van der Waals surface area contributed by atoms with Gasteiger partial charge in [0.2, 0.25) is 5.91 Å². The Hall–Kier alpha value is -1.35. The molecule has 3 heteroatoms. The van der Waals surface area contributed by atoms with Crippen LogP contribution in [0, 0.1) is 0 Å². The molecule has 0 saturated heterocycles. The number of hydrogen-bond donors (Lipinski definition) is 2. The third-order valence-corrected chi connectivity index (χ3v) is 3.01. The predicted molar refractivity (Wildman–Crippen MR) is 75.5 cm³/mol. The van der Waals surface area contributed by atoms with Gasteiger partial charge < -0.3 is 10.6 Å². The van der Waals surface area contributed by atoms with E-state index < -0.39 is 0 Å². The normalized spacial score (nSPS) is 12.1. The van der Waals surface area contributed by atoms with Crippen molar-refractivity contribution >= 4 is 5.91 Å². The maximum Gasteiger partial charge on any atom is 0.220 e. The maximum atomic E-state index is 11.7. The van der Waals surface area contributed by atoms with E-state index in [1.807, 2.05) is 25.2 Å². The fourth-order valence-corrected chi connectivity index (χ4v) is 1.92. The van der Waals surface area contributed by atoms with Crippen LogP contribution in [0.1, 0.15) is 31.7 Å². The summed E-state index contributed by atoms with van der Waals surface area (Å²) >= 11 is 0. The van der Waals surface area contributed by atoms with Crippen molar-refractivity contribution in [3.8, 4) is 0 Å². The van der Waals surface area contributed by atoms with Gasteiger partial charge in [0.25, 0.3) is 0 Å². The van der Waals surface area contributed by atoms with Crippen LogP contribution in [-0.4, -0.2) is 25.5 Å². The van der Waals surface area contributed by atoms with Crippen LogP contribution in [-0.2, 0) is 11.2 Å². The molecular formula is C15H24N2O. The van der Waals surface area contributed by atoms with Gasteiger partial charge in [-0.1, -0.05) is 37.3 Å². The lowest BCUT2D eigenvalue weighted by atomic mass is 10.0. The molecule has 0 radical (unpaired) electrons. The average Bonchev–Trinajstić information content (AvgIpc) is 2.39. The fraction of sp³-hybridized carbons (Fsp3) is 0.533. The summed E-state index contributed by atoms with van der Waals surface area (Å²) in [4.78, 5) is 11.7. The molecule has 0 aliphatic carbocycles. The SMILES string of the molecule is CCC(Cc1ccccc1)NC(=O)CCCNC. The second-order valence-corrected chi connectivity index (χ2v) is 4.57. The molecule has 1 unspecified atom stereocenters. The summed E-state index contributed by atoms with van der Waals surface area (Å²) < 4.78 is 0.